The summed E-state index contributed by atoms with van der Waals surface area (Å²) < 4.78 is 17.1. The van der Waals surface area contributed by atoms with E-state index in [4.69, 9.17) is 14.2 Å². The van der Waals surface area contributed by atoms with E-state index in [1.54, 1.807) is 13.8 Å². The highest BCUT2D eigenvalue weighted by Crippen LogP contribution is 2.45. The number of fused-ring (bicyclic) bond motifs is 2. The van der Waals surface area contributed by atoms with Crippen LogP contribution in [-0.2, 0) is 20.7 Å². The van der Waals surface area contributed by atoms with E-state index in [2.05, 4.69) is 0 Å². The molecule has 0 radical (unpaired) electrons. The van der Waals surface area contributed by atoms with Crippen molar-refractivity contribution in [2.75, 3.05) is 7.11 Å². The van der Waals surface area contributed by atoms with Gasteiger partial charge >= 0.3 is 5.97 Å². The van der Waals surface area contributed by atoms with Gasteiger partial charge in [-0.2, -0.15) is 0 Å². The molecule has 7 heteroatoms. The van der Waals surface area contributed by atoms with Gasteiger partial charge in [0.05, 0.1) is 0 Å². The maximum absolute atomic E-state index is 12.9. The van der Waals surface area contributed by atoms with Crippen LogP contribution in [0.3, 0.4) is 0 Å². The smallest absolute Gasteiger partial charge is 0.347 e. The minimum Gasteiger partial charge on any atom is -0.507 e. The van der Waals surface area contributed by atoms with Crippen LogP contribution in [0.1, 0.15) is 47.8 Å². The van der Waals surface area contributed by atoms with E-state index >= 15 is 0 Å². The summed E-state index contributed by atoms with van der Waals surface area (Å²) in [6.07, 6.45) is -2.00. The Morgan fingerprint density at radius 1 is 1.19 bits per heavy atom. The zero-order valence-corrected chi connectivity index (χ0v) is 16.3. The topological polar surface area (TPSA) is 102 Å². The Morgan fingerprint density at radius 2 is 1.81 bits per heavy atom. The van der Waals surface area contributed by atoms with Crippen LogP contribution in [-0.4, -0.2) is 46.9 Å². The van der Waals surface area contributed by atoms with E-state index < -0.39 is 29.6 Å². The lowest BCUT2D eigenvalue weighted by Gasteiger charge is -2.42. The monoisotopic (exact) mass is 376 g/mol. The van der Waals surface area contributed by atoms with E-state index in [0.717, 1.165) is 0 Å². The quantitative estimate of drug-likeness (QED) is 0.762. The van der Waals surface area contributed by atoms with Gasteiger partial charge in [0.15, 0.2) is 17.6 Å². The van der Waals surface area contributed by atoms with Crippen LogP contribution in [0.2, 0.25) is 0 Å². The Morgan fingerprint density at radius 3 is 2.37 bits per heavy atom. The van der Waals surface area contributed by atoms with E-state index in [0.29, 0.717) is 23.1 Å². The minimum absolute atomic E-state index is 0.0205. The number of aliphatic hydroxyl groups is 1. The molecule has 27 heavy (non-hydrogen) atoms. The van der Waals surface area contributed by atoms with Crippen molar-refractivity contribution < 1.29 is 34.0 Å². The minimum atomic E-state index is -1.48. The van der Waals surface area contributed by atoms with E-state index in [-0.39, 0.29) is 28.4 Å². The fourth-order valence-corrected chi connectivity index (χ4v) is 3.82. The molecule has 1 aliphatic heterocycles. The molecule has 1 aliphatic carbocycles. The van der Waals surface area contributed by atoms with Crippen LogP contribution >= 0.6 is 0 Å². The number of methoxy groups -OCH3 is 1. The van der Waals surface area contributed by atoms with Crippen molar-refractivity contribution in [3.05, 3.63) is 33.6 Å². The summed E-state index contributed by atoms with van der Waals surface area (Å²) in [5.41, 5.74) is 0.438. The first-order chi connectivity index (χ1) is 12.6. The van der Waals surface area contributed by atoms with Crippen LogP contribution in [0.15, 0.2) is 11.3 Å². The summed E-state index contributed by atoms with van der Waals surface area (Å²) in [7, 11) is 1.35. The van der Waals surface area contributed by atoms with Gasteiger partial charge < -0.3 is 24.4 Å². The third kappa shape index (κ3) is 2.49. The van der Waals surface area contributed by atoms with Crippen molar-refractivity contribution in [3.8, 4) is 11.5 Å². The Bertz CT molecular complexity index is 883. The van der Waals surface area contributed by atoms with Gasteiger partial charge in [0.2, 0.25) is 0 Å². The zero-order chi connectivity index (χ0) is 20.3. The second-order valence-corrected chi connectivity index (χ2v) is 7.17. The number of Topliss-reactive ketones (excluding diaryl/α,β-unsaturated/α-hetero) is 1. The molecule has 0 saturated heterocycles. The van der Waals surface area contributed by atoms with Gasteiger partial charge in [0.1, 0.15) is 28.8 Å². The molecule has 0 fully saturated rings. The normalized spacial score (nSPS) is 27.5. The number of carbonyl (C=O) groups excluding carboxylic acids is 2. The first kappa shape index (κ1) is 19.4. The third-order valence-electron chi connectivity index (χ3n) is 5.76. The molecule has 0 aromatic heterocycles. The number of aromatic hydroxyl groups is 1. The zero-order valence-electron chi connectivity index (χ0n) is 16.3. The number of phenols is 1. The van der Waals surface area contributed by atoms with E-state index in [1.165, 1.54) is 21.0 Å². The molecule has 0 saturated carbocycles. The van der Waals surface area contributed by atoms with Crippen LogP contribution in [0.5, 0.6) is 11.5 Å². The molecule has 0 bridgehead atoms. The molecule has 2 N–H and O–H groups in total. The molecule has 0 spiro atoms. The highest BCUT2D eigenvalue weighted by Gasteiger charge is 2.56. The molecule has 7 nitrogen and oxygen atoms in total. The maximum Gasteiger partial charge on any atom is 0.347 e. The largest absolute Gasteiger partial charge is 0.507 e. The number of benzene rings is 1. The maximum atomic E-state index is 12.9. The Labute approximate surface area is 157 Å². The highest BCUT2D eigenvalue weighted by atomic mass is 16.6. The van der Waals surface area contributed by atoms with Crippen molar-refractivity contribution in [1.29, 1.82) is 0 Å². The molecule has 0 unspecified atom stereocenters. The van der Waals surface area contributed by atoms with E-state index in [1.807, 2.05) is 6.92 Å². The summed E-state index contributed by atoms with van der Waals surface area (Å²) in [6.45, 7) is 8.24. The lowest BCUT2D eigenvalue weighted by Crippen LogP contribution is -2.60. The lowest BCUT2D eigenvalue weighted by molar-refractivity contribution is -0.166. The molecule has 2 aliphatic rings. The van der Waals surface area contributed by atoms with Crippen molar-refractivity contribution in [3.63, 3.8) is 0 Å². The lowest BCUT2D eigenvalue weighted by atomic mass is 9.79. The average molecular weight is 376 g/mol. The van der Waals surface area contributed by atoms with Crippen LogP contribution in [0, 0.1) is 13.8 Å². The molecule has 1 heterocycles. The van der Waals surface area contributed by atoms with Crippen LogP contribution in [0.25, 0.3) is 0 Å². The molecule has 3 rings (SSSR count). The predicted octanol–water partition coefficient (Wildman–Crippen LogP) is 2.11. The number of aliphatic hydroxyl groups excluding tert-OH is 1. The molecule has 1 aromatic rings. The summed E-state index contributed by atoms with van der Waals surface area (Å²) in [4.78, 5) is 25.4. The number of rotatable bonds is 2. The van der Waals surface area contributed by atoms with Gasteiger partial charge in [-0.3, -0.25) is 4.79 Å². The predicted molar refractivity (Wildman–Crippen MR) is 95.9 cm³/mol. The van der Waals surface area contributed by atoms with Gasteiger partial charge in [-0.05, 0) is 45.2 Å². The number of hydrogen-bond donors (Lipinski definition) is 2. The van der Waals surface area contributed by atoms with Gasteiger partial charge in [0, 0.05) is 18.2 Å². The number of hydrogen-bond acceptors (Lipinski definition) is 7. The number of phenolic OH excluding ortho intramolecular Hbond substituents is 1. The van der Waals surface area contributed by atoms with E-state index in [9.17, 15) is 19.8 Å². The molecule has 3 atom stereocenters. The SMILES string of the molecule is CCc1c(C)c2c(c(C)c1O)O[C@H]1C(=C(C)C(=O)[C@@H](O)[C@]1(C)OC)OC2=O. The van der Waals surface area contributed by atoms with Crippen molar-refractivity contribution in [1.82, 2.24) is 0 Å². The standard InChI is InChI=1S/C20H24O7/c1-7-11-8(2)12-15(9(3)13(11)21)26-18-16(27-19(12)24)10(4)14(22)17(23)20(18,5)25-6/h17-18,21,23H,7H2,1-6H3/t17-,18+,20+/m1/s1. The molecular weight excluding hydrogens is 352 g/mol. The molecule has 0 amide bonds. The summed E-state index contributed by atoms with van der Waals surface area (Å²) in [5, 5.41) is 21.1. The summed E-state index contributed by atoms with van der Waals surface area (Å²) in [6, 6.07) is 0. The van der Waals surface area contributed by atoms with Crippen LogP contribution in [0.4, 0.5) is 0 Å². The fourth-order valence-electron chi connectivity index (χ4n) is 3.82. The number of carbonyl (C=O) groups is 2. The van der Waals surface area contributed by atoms with Crippen LogP contribution < -0.4 is 4.74 Å². The second-order valence-electron chi connectivity index (χ2n) is 7.17. The second kappa shape index (κ2) is 6.35. The van der Waals surface area contributed by atoms with Crippen molar-refractivity contribution in [2.45, 2.75) is 58.8 Å². The number of ether oxygens (including phenoxy) is 3. The summed E-state index contributed by atoms with van der Waals surface area (Å²) >= 11 is 0. The highest BCUT2D eigenvalue weighted by molar-refractivity contribution is 6.03. The summed E-state index contributed by atoms with van der Waals surface area (Å²) in [5.74, 6) is -1.01. The Kier molecular flexibility index (Phi) is 4.56. The van der Waals surface area contributed by atoms with Crippen molar-refractivity contribution in [2.24, 2.45) is 0 Å². The van der Waals surface area contributed by atoms with Gasteiger partial charge in [-0.1, -0.05) is 6.92 Å². The Balaban J connectivity index is 2.32. The third-order valence-corrected chi connectivity index (χ3v) is 5.76. The molecular formula is C20H24O7. The van der Waals surface area contributed by atoms with Crippen molar-refractivity contribution >= 4 is 11.8 Å². The number of esters is 1. The van der Waals surface area contributed by atoms with Gasteiger partial charge in [-0.15, -0.1) is 0 Å². The molecule has 146 valence electrons. The average Bonchev–Trinajstić information content (AvgIpc) is 2.80. The number of ketones is 1. The molecule has 1 aromatic carbocycles. The first-order valence-electron chi connectivity index (χ1n) is 8.82. The fraction of sp³-hybridized carbons (Fsp3) is 0.500. The van der Waals surface area contributed by atoms with Gasteiger partial charge in [0.25, 0.3) is 0 Å². The Hall–Kier alpha value is -2.38. The first-order valence-corrected chi connectivity index (χ1v) is 8.82. The van der Waals surface area contributed by atoms with Gasteiger partial charge in [-0.25, -0.2) is 4.79 Å².